The van der Waals surface area contributed by atoms with Gasteiger partial charge >= 0.3 is 0 Å². The molecule has 1 unspecified atom stereocenters. The van der Waals surface area contributed by atoms with Crippen LogP contribution in [0.1, 0.15) is 32.3 Å². The molecule has 1 atom stereocenters. The van der Waals surface area contributed by atoms with Crippen LogP contribution in [0, 0.1) is 5.92 Å². The van der Waals surface area contributed by atoms with Crippen molar-refractivity contribution in [1.82, 2.24) is 10.6 Å². The van der Waals surface area contributed by atoms with Gasteiger partial charge in [-0.05, 0) is 42.5 Å². The first kappa shape index (κ1) is 21.7. The Hall–Kier alpha value is -3.02. The topological polar surface area (TPSA) is 70.7 Å². The molecular weight excluding hydrogens is 378 g/mol. The highest BCUT2D eigenvalue weighted by molar-refractivity contribution is 5.88. The second-order valence-corrected chi connectivity index (χ2v) is 7.93. The number of nitrogens with one attached hydrogen (secondary N) is 2. The van der Waals surface area contributed by atoms with E-state index in [1.165, 1.54) is 18.5 Å². The molecule has 0 radical (unpaired) electrons. The third kappa shape index (κ3) is 5.99. The van der Waals surface area contributed by atoms with Crippen LogP contribution in [0.2, 0.25) is 0 Å². The van der Waals surface area contributed by atoms with Gasteiger partial charge in [0.1, 0.15) is 11.8 Å². The predicted molar refractivity (Wildman–Crippen MR) is 118 cm³/mol. The van der Waals surface area contributed by atoms with Crippen molar-refractivity contribution in [1.29, 1.82) is 0 Å². The van der Waals surface area contributed by atoms with Crippen LogP contribution in [0.15, 0.2) is 54.6 Å². The Morgan fingerprint density at radius 2 is 1.67 bits per heavy atom. The molecule has 3 rings (SSSR count). The van der Waals surface area contributed by atoms with Crippen LogP contribution in [-0.4, -0.2) is 37.6 Å². The van der Waals surface area contributed by atoms with E-state index in [9.17, 15) is 9.59 Å². The van der Waals surface area contributed by atoms with Gasteiger partial charge in [0.05, 0.1) is 0 Å². The van der Waals surface area contributed by atoms with Gasteiger partial charge in [-0.25, -0.2) is 0 Å². The summed E-state index contributed by atoms with van der Waals surface area (Å²) in [5, 5.41) is 5.81. The van der Waals surface area contributed by atoms with Crippen LogP contribution in [0.5, 0.6) is 5.75 Å². The maximum absolute atomic E-state index is 12.8. The second kappa shape index (κ2) is 10.7. The summed E-state index contributed by atoms with van der Waals surface area (Å²) in [6.45, 7) is 6.25. The highest BCUT2D eigenvalue weighted by Gasteiger charge is 2.24. The average Bonchev–Trinajstić information content (AvgIpc) is 3.30. The Balaban J connectivity index is 1.55. The van der Waals surface area contributed by atoms with E-state index in [1.807, 2.05) is 50.2 Å². The van der Waals surface area contributed by atoms with Crippen molar-refractivity contribution in [3.63, 3.8) is 0 Å². The average molecular weight is 410 g/mol. The molecule has 30 heavy (non-hydrogen) atoms. The highest BCUT2D eigenvalue weighted by Crippen LogP contribution is 2.24. The number of anilines is 1. The Labute approximate surface area is 178 Å². The Kier molecular flexibility index (Phi) is 7.71. The quantitative estimate of drug-likeness (QED) is 0.668. The molecule has 6 heteroatoms. The van der Waals surface area contributed by atoms with Crippen molar-refractivity contribution >= 4 is 17.5 Å². The summed E-state index contributed by atoms with van der Waals surface area (Å²) in [5.74, 6) is 0.0793. The van der Waals surface area contributed by atoms with Crippen LogP contribution < -0.4 is 20.3 Å². The summed E-state index contributed by atoms with van der Waals surface area (Å²) in [6.07, 6.45) is 2.40. The van der Waals surface area contributed by atoms with Crippen LogP contribution in [-0.2, 0) is 16.1 Å². The van der Waals surface area contributed by atoms with E-state index in [1.54, 1.807) is 12.1 Å². The molecule has 2 aromatic rings. The molecule has 1 aliphatic heterocycles. The molecule has 1 aliphatic rings. The van der Waals surface area contributed by atoms with E-state index >= 15 is 0 Å². The minimum absolute atomic E-state index is 0.0421. The fourth-order valence-electron chi connectivity index (χ4n) is 3.63. The Bertz CT molecular complexity index is 833. The van der Waals surface area contributed by atoms with Crippen LogP contribution >= 0.6 is 0 Å². The minimum Gasteiger partial charge on any atom is -0.484 e. The van der Waals surface area contributed by atoms with Gasteiger partial charge in [0, 0.05) is 25.3 Å². The van der Waals surface area contributed by atoms with E-state index in [0.717, 1.165) is 18.7 Å². The van der Waals surface area contributed by atoms with Gasteiger partial charge in [0.25, 0.3) is 5.91 Å². The third-order valence-corrected chi connectivity index (χ3v) is 5.27. The number of hydrogen-bond donors (Lipinski definition) is 2. The summed E-state index contributed by atoms with van der Waals surface area (Å²) >= 11 is 0. The lowest BCUT2D eigenvalue weighted by molar-refractivity contribution is -0.131. The first-order valence-corrected chi connectivity index (χ1v) is 10.6. The van der Waals surface area contributed by atoms with Crippen LogP contribution in [0.25, 0.3) is 0 Å². The first-order chi connectivity index (χ1) is 14.5. The summed E-state index contributed by atoms with van der Waals surface area (Å²) in [5.41, 5.74) is 2.27. The summed E-state index contributed by atoms with van der Waals surface area (Å²) < 4.78 is 5.48. The molecule has 6 nitrogen and oxygen atoms in total. The lowest BCUT2D eigenvalue weighted by Gasteiger charge is -2.24. The molecular formula is C24H31N3O3. The monoisotopic (exact) mass is 409 g/mol. The standard InChI is InChI=1S/C24H31N3O3/c1-18(2)23(26-22(28)17-30-20-11-4-3-5-12-20)24(29)25-16-19-10-6-7-13-21(19)27-14-8-9-15-27/h3-7,10-13,18,23H,8-9,14-17H2,1-2H3,(H,25,29)(H,26,28). The SMILES string of the molecule is CC(C)C(NC(=O)COc1ccccc1)C(=O)NCc1ccccc1N1CCCC1. The number of carbonyl (C=O) groups is 2. The smallest absolute Gasteiger partial charge is 0.258 e. The zero-order valence-electron chi connectivity index (χ0n) is 17.8. The molecule has 0 saturated carbocycles. The molecule has 2 aromatic carbocycles. The van der Waals surface area contributed by atoms with Gasteiger partial charge < -0.3 is 20.3 Å². The normalized spacial score (nSPS) is 14.4. The first-order valence-electron chi connectivity index (χ1n) is 10.6. The molecule has 1 heterocycles. The number of nitrogens with zero attached hydrogens (tertiary/aromatic N) is 1. The molecule has 160 valence electrons. The van der Waals surface area contributed by atoms with Gasteiger partial charge in [-0.1, -0.05) is 50.2 Å². The number of para-hydroxylation sites is 2. The Morgan fingerprint density at radius 1 is 1.00 bits per heavy atom. The van der Waals surface area contributed by atoms with E-state index in [0.29, 0.717) is 12.3 Å². The zero-order chi connectivity index (χ0) is 21.3. The Morgan fingerprint density at radius 3 is 2.37 bits per heavy atom. The molecule has 0 aliphatic carbocycles. The van der Waals surface area contributed by atoms with E-state index in [4.69, 9.17) is 4.74 Å². The maximum Gasteiger partial charge on any atom is 0.258 e. The second-order valence-electron chi connectivity index (χ2n) is 7.93. The van der Waals surface area contributed by atoms with Crippen molar-refractivity contribution in [2.75, 3.05) is 24.6 Å². The van der Waals surface area contributed by atoms with Gasteiger partial charge in [-0.2, -0.15) is 0 Å². The minimum atomic E-state index is -0.615. The van der Waals surface area contributed by atoms with Crippen LogP contribution in [0.3, 0.4) is 0 Å². The number of carbonyl (C=O) groups excluding carboxylic acids is 2. The number of amides is 2. The molecule has 0 bridgehead atoms. The lowest BCUT2D eigenvalue weighted by Crippen LogP contribution is -2.50. The van der Waals surface area contributed by atoms with Crippen molar-refractivity contribution in [2.24, 2.45) is 5.92 Å². The van der Waals surface area contributed by atoms with Gasteiger partial charge in [0.2, 0.25) is 5.91 Å². The van der Waals surface area contributed by atoms with Crippen LogP contribution in [0.4, 0.5) is 5.69 Å². The molecule has 0 spiro atoms. The van der Waals surface area contributed by atoms with Crippen molar-refractivity contribution < 1.29 is 14.3 Å². The van der Waals surface area contributed by atoms with E-state index in [2.05, 4.69) is 21.6 Å². The summed E-state index contributed by atoms with van der Waals surface area (Å²) in [6, 6.07) is 16.7. The van der Waals surface area contributed by atoms with E-state index < -0.39 is 6.04 Å². The number of hydrogen-bond acceptors (Lipinski definition) is 4. The molecule has 1 saturated heterocycles. The third-order valence-electron chi connectivity index (χ3n) is 5.27. The van der Waals surface area contributed by atoms with Gasteiger partial charge in [-0.3, -0.25) is 9.59 Å². The zero-order valence-corrected chi connectivity index (χ0v) is 17.8. The molecule has 2 N–H and O–H groups in total. The van der Waals surface area contributed by atoms with Crippen molar-refractivity contribution in [3.05, 3.63) is 60.2 Å². The maximum atomic E-state index is 12.8. The molecule has 1 fully saturated rings. The predicted octanol–water partition coefficient (Wildman–Crippen LogP) is 3.12. The number of ether oxygens (including phenoxy) is 1. The molecule has 0 aromatic heterocycles. The fourth-order valence-corrected chi connectivity index (χ4v) is 3.63. The van der Waals surface area contributed by atoms with Crippen molar-refractivity contribution in [2.45, 2.75) is 39.3 Å². The summed E-state index contributed by atoms with van der Waals surface area (Å²) in [7, 11) is 0. The lowest BCUT2D eigenvalue weighted by atomic mass is 10.0. The fraction of sp³-hybridized carbons (Fsp3) is 0.417. The molecule has 2 amide bonds. The van der Waals surface area contributed by atoms with Gasteiger partial charge in [-0.15, -0.1) is 0 Å². The van der Waals surface area contributed by atoms with Crippen molar-refractivity contribution in [3.8, 4) is 5.75 Å². The van der Waals surface area contributed by atoms with E-state index in [-0.39, 0.29) is 24.3 Å². The number of benzene rings is 2. The highest BCUT2D eigenvalue weighted by atomic mass is 16.5. The summed E-state index contributed by atoms with van der Waals surface area (Å²) in [4.78, 5) is 27.5. The number of rotatable bonds is 9. The largest absolute Gasteiger partial charge is 0.484 e. The van der Waals surface area contributed by atoms with Gasteiger partial charge in [0.15, 0.2) is 6.61 Å².